The van der Waals surface area contributed by atoms with Crippen molar-refractivity contribution in [1.82, 2.24) is 0 Å². The molecule has 2 aliphatic carbocycles. The molecule has 0 fully saturated rings. The van der Waals surface area contributed by atoms with Crippen LogP contribution in [0, 0.1) is 39.8 Å². The number of fused-ring (bicyclic) bond motifs is 3. The fourth-order valence-corrected chi connectivity index (χ4v) is 10.0. The van der Waals surface area contributed by atoms with E-state index in [4.69, 9.17) is 0 Å². The molecule has 0 aromatic heterocycles. The van der Waals surface area contributed by atoms with Crippen LogP contribution in [0.4, 0.5) is 0 Å². The van der Waals surface area contributed by atoms with Gasteiger partial charge in [-0.2, -0.15) is 23.8 Å². The zero-order valence-corrected chi connectivity index (χ0v) is 32.0. The first kappa shape index (κ1) is 34.3. The molecule has 0 bridgehead atoms. The van der Waals surface area contributed by atoms with Gasteiger partial charge >= 0.3 is 113 Å². The zero-order valence-electron chi connectivity index (χ0n) is 28.5. The minimum absolute atomic E-state index is 0.163. The normalized spacial score (nSPS) is 13.0. The first-order valence-corrected chi connectivity index (χ1v) is 21.0. The third-order valence-electron chi connectivity index (χ3n) is 8.28. The van der Waals surface area contributed by atoms with Crippen LogP contribution >= 0.6 is 0 Å². The predicted octanol–water partition coefficient (Wildman–Crippen LogP) is 9.53. The topological polar surface area (TPSA) is 0 Å². The van der Waals surface area contributed by atoms with Crippen LogP contribution in [0.1, 0.15) is 92.5 Å². The summed E-state index contributed by atoms with van der Waals surface area (Å²) in [5, 5.41) is 3.07. The van der Waals surface area contributed by atoms with Crippen LogP contribution in [-0.2, 0) is 40.6 Å². The van der Waals surface area contributed by atoms with Crippen LogP contribution in [0.5, 0.6) is 0 Å². The van der Waals surface area contributed by atoms with Gasteiger partial charge in [0.25, 0.3) is 0 Å². The zero-order chi connectivity index (χ0) is 32.2. The van der Waals surface area contributed by atoms with E-state index >= 15 is 0 Å². The molecule has 0 radical (unpaired) electrons. The van der Waals surface area contributed by atoms with Crippen molar-refractivity contribution < 1.29 is 23.3 Å². The summed E-state index contributed by atoms with van der Waals surface area (Å²) < 4.78 is 0. The molecule has 44 heavy (non-hydrogen) atoms. The summed E-state index contributed by atoms with van der Waals surface area (Å²) in [6.07, 6.45) is 11.0. The second-order valence-electron chi connectivity index (χ2n) is 14.3. The molecule has 0 saturated heterocycles. The van der Waals surface area contributed by atoms with E-state index in [-0.39, 0.29) is 10.8 Å². The maximum atomic E-state index is 3.69. The SMILES string of the molecule is Cc1[c-]c2c(cc1C(C)(C)C)-c1cc(C(C)(C)C)c(C)cc1C2.Cc1cccc([Si](=[Zr+2])c2cccc(C)c2)c1.[C-]1=CC=CC1. The van der Waals surface area contributed by atoms with Crippen molar-refractivity contribution in [2.24, 2.45) is 0 Å². The number of rotatable bonds is 2. The Morgan fingerprint density at radius 3 is 1.73 bits per heavy atom. The number of hydrogen-bond donors (Lipinski definition) is 0. The van der Waals surface area contributed by atoms with Gasteiger partial charge in [0.1, 0.15) is 0 Å². The van der Waals surface area contributed by atoms with Gasteiger partial charge < -0.3 is 0 Å². The molecular formula is C42H48SiZr. The van der Waals surface area contributed by atoms with Crippen LogP contribution in [0.2, 0.25) is 0 Å². The van der Waals surface area contributed by atoms with E-state index in [0.29, 0.717) is 0 Å². The quantitative estimate of drug-likeness (QED) is 0.130. The Kier molecular flexibility index (Phi) is 11.1. The average Bonchev–Trinajstić information content (AvgIpc) is 3.62. The second kappa shape index (κ2) is 14.3. The number of hydrogen-bond acceptors (Lipinski definition) is 0. The molecule has 4 aromatic carbocycles. The van der Waals surface area contributed by atoms with Gasteiger partial charge in [0.15, 0.2) is 0 Å². The van der Waals surface area contributed by atoms with Crippen molar-refractivity contribution in [3.05, 3.63) is 142 Å². The smallest absolute Gasteiger partial charge is 0.109 e. The number of benzene rings is 4. The minimum Gasteiger partial charge on any atom is -0.273 e. The van der Waals surface area contributed by atoms with Gasteiger partial charge in [0, 0.05) is 0 Å². The number of aryl methyl sites for hydroxylation is 4. The molecule has 0 spiro atoms. The van der Waals surface area contributed by atoms with Crippen molar-refractivity contribution in [3.8, 4) is 11.1 Å². The summed E-state index contributed by atoms with van der Waals surface area (Å²) in [5.74, 6) is 0. The van der Waals surface area contributed by atoms with Crippen molar-refractivity contribution in [3.63, 3.8) is 0 Å². The molecule has 0 unspecified atom stereocenters. The van der Waals surface area contributed by atoms with Crippen LogP contribution in [0.25, 0.3) is 11.1 Å². The Morgan fingerprint density at radius 1 is 0.705 bits per heavy atom. The summed E-state index contributed by atoms with van der Waals surface area (Å²) in [6.45, 7) is 22.6. The fourth-order valence-electron chi connectivity index (χ4n) is 6.13. The monoisotopic (exact) mass is 670 g/mol. The molecule has 6 rings (SSSR count). The molecule has 2 aliphatic rings. The average molecular weight is 672 g/mol. The molecule has 0 N–H and O–H groups in total. The van der Waals surface area contributed by atoms with E-state index in [1.54, 1.807) is 23.3 Å². The Hall–Kier alpha value is -2.54. The third-order valence-corrected chi connectivity index (χ3v) is 14.3. The Labute approximate surface area is 283 Å². The van der Waals surface area contributed by atoms with E-state index in [0.717, 1.165) is 12.8 Å². The fraction of sp³-hybridized carbons (Fsp3) is 0.333. The van der Waals surface area contributed by atoms with Gasteiger partial charge in [-0.3, -0.25) is 6.08 Å². The third kappa shape index (κ3) is 8.58. The van der Waals surface area contributed by atoms with Gasteiger partial charge in [-0.05, 0) is 35.4 Å². The summed E-state index contributed by atoms with van der Waals surface area (Å²) in [7, 11) is 0. The maximum absolute atomic E-state index is 3.69. The van der Waals surface area contributed by atoms with E-state index in [1.165, 1.54) is 66.0 Å². The van der Waals surface area contributed by atoms with Gasteiger partial charge in [0.05, 0.1) is 0 Å². The molecule has 4 aromatic rings. The maximum Gasteiger partial charge on any atom is -0.109 e. The van der Waals surface area contributed by atoms with Crippen molar-refractivity contribution in [2.45, 2.75) is 92.9 Å². The first-order valence-electron chi connectivity index (χ1n) is 15.8. The van der Waals surface area contributed by atoms with E-state index in [1.807, 2.05) is 12.2 Å². The molecule has 0 amide bonds. The summed E-state index contributed by atoms with van der Waals surface area (Å²) in [5.41, 5.74) is 13.9. The predicted molar refractivity (Wildman–Crippen MR) is 189 cm³/mol. The van der Waals surface area contributed by atoms with Crippen molar-refractivity contribution >= 4 is 15.8 Å². The Morgan fingerprint density at radius 2 is 1.27 bits per heavy atom. The number of allylic oxidation sites excluding steroid dienone is 4. The molecule has 0 aliphatic heterocycles. The van der Waals surface area contributed by atoms with E-state index < -0.39 is 5.43 Å². The standard InChI is InChI=1S/C23H29.C14H14Si.C5H5.Zr/c1-14-9-16-11-17-10-15(2)21(23(6,7)8)13-19(17)18(16)12-20(14)22(3,4)5;1-11-5-3-7-13(9-11)15-14-8-4-6-12(2)10-14;1-2-4-5-3-1;/h9,12-13H,11H2,1-8H3;3-10H,1-2H3;1-3H,4H2;/q-1;;-1;+2. The van der Waals surface area contributed by atoms with Gasteiger partial charge in [-0.1, -0.05) is 71.6 Å². The van der Waals surface area contributed by atoms with Crippen molar-refractivity contribution in [2.75, 3.05) is 0 Å². The largest absolute Gasteiger partial charge is 0.273 e. The molecule has 0 heterocycles. The first-order chi connectivity index (χ1) is 20.6. The molecule has 2 heteroatoms. The molecule has 0 saturated carbocycles. The van der Waals surface area contributed by atoms with Crippen LogP contribution in [0.15, 0.2) is 85.0 Å². The summed E-state index contributed by atoms with van der Waals surface area (Å²) in [6, 6.07) is 28.9. The van der Waals surface area contributed by atoms with Gasteiger partial charge in [0.2, 0.25) is 0 Å². The minimum atomic E-state index is -0.499. The van der Waals surface area contributed by atoms with E-state index in [2.05, 4.69) is 154 Å². The van der Waals surface area contributed by atoms with Crippen LogP contribution in [0.3, 0.4) is 0 Å². The summed E-state index contributed by atoms with van der Waals surface area (Å²) >= 11 is 1.65. The Bertz CT molecular complexity index is 1600. The van der Waals surface area contributed by atoms with E-state index in [9.17, 15) is 0 Å². The van der Waals surface area contributed by atoms with Crippen LogP contribution in [-0.4, -0.2) is 5.43 Å². The molecule has 224 valence electrons. The molecular weight excluding hydrogens is 624 g/mol. The second-order valence-corrected chi connectivity index (χ2v) is 19.9. The molecule has 0 atom stereocenters. The van der Waals surface area contributed by atoms with Gasteiger partial charge in [-0.25, -0.2) is 12.2 Å². The molecule has 0 nitrogen and oxygen atoms in total. The van der Waals surface area contributed by atoms with Crippen LogP contribution < -0.4 is 10.4 Å². The Balaban J connectivity index is 0.000000181. The van der Waals surface area contributed by atoms with Gasteiger partial charge in [-0.15, -0.1) is 23.1 Å². The summed E-state index contributed by atoms with van der Waals surface area (Å²) in [4.78, 5) is 0. The van der Waals surface area contributed by atoms with Crippen molar-refractivity contribution in [1.29, 1.82) is 0 Å².